The number of β-lactam (4-membered cyclic amide) rings is 1. The quantitative estimate of drug-likeness (QED) is 0.0800. The van der Waals surface area contributed by atoms with Gasteiger partial charge in [-0.15, -0.1) is 16.7 Å². The van der Waals surface area contributed by atoms with Crippen LogP contribution in [0.3, 0.4) is 0 Å². The van der Waals surface area contributed by atoms with Crippen molar-refractivity contribution in [3.05, 3.63) is 49.6 Å². The van der Waals surface area contributed by atoms with Crippen molar-refractivity contribution in [1.29, 1.82) is 0 Å². The number of pyridine rings is 1. The number of nitrogens with two attached hydrogens (primary N) is 3. The van der Waals surface area contributed by atoms with Gasteiger partial charge in [-0.2, -0.15) is 11.8 Å². The van der Waals surface area contributed by atoms with E-state index in [-0.39, 0.29) is 45.4 Å². The summed E-state index contributed by atoms with van der Waals surface area (Å²) < 4.78 is 0.0164. The van der Waals surface area contributed by atoms with Crippen LogP contribution in [0.5, 0.6) is 0 Å². The van der Waals surface area contributed by atoms with Crippen LogP contribution in [-0.2, 0) is 29.7 Å². The van der Waals surface area contributed by atoms with Gasteiger partial charge in [0.25, 0.3) is 11.8 Å². The summed E-state index contributed by atoms with van der Waals surface area (Å²) in [5, 5.41) is 17.4. The van der Waals surface area contributed by atoms with E-state index in [0.29, 0.717) is 23.0 Å². The number of amides is 4. The van der Waals surface area contributed by atoms with Crippen molar-refractivity contribution in [3.63, 3.8) is 0 Å². The van der Waals surface area contributed by atoms with Gasteiger partial charge >= 0.3 is 5.97 Å². The molecule has 2 aromatic heterocycles. The predicted octanol–water partition coefficient (Wildman–Crippen LogP) is 1.01. The van der Waals surface area contributed by atoms with Gasteiger partial charge in [0.15, 0.2) is 5.13 Å². The zero-order valence-corrected chi connectivity index (χ0v) is 27.7. The fourth-order valence-electron chi connectivity index (χ4n) is 4.37. The number of carboxylic acids is 1. The van der Waals surface area contributed by atoms with Crippen molar-refractivity contribution in [1.82, 2.24) is 25.5 Å². The van der Waals surface area contributed by atoms with E-state index in [9.17, 15) is 34.0 Å². The van der Waals surface area contributed by atoms with E-state index in [1.54, 1.807) is 18.5 Å². The zero-order chi connectivity index (χ0) is 33.5. The Hall–Kier alpha value is -3.43. The number of anilines is 1. The molecule has 1 unspecified atom stereocenters. The van der Waals surface area contributed by atoms with Crippen LogP contribution in [0.15, 0.2) is 39.1 Å². The molecule has 9 N–H and O–H groups in total. The first kappa shape index (κ1) is 35.4. The molecule has 0 bridgehead atoms. The minimum Gasteiger partial charge on any atom is -0.477 e. The molecule has 0 radical (unpaired) electrons. The van der Waals surface area contributed by atoms with Crippen LogP contribution >= 0.6 is 58.2 Å². The maximum atomic E-state index is 13.1. The second kappa shape index (κ2) is 15.9. The first-order chi connectivity index (χ1) is 21.9. The molecule has 16 nitrogen and oxygen atoms in total. The van der Waals surface area contributed by atoms with Gasteiger partial charge in [0.1, 0.15) is 27.1 Å². The molecule has 2 aliphatic rings. The lowest BCUT2D eigenvalue weighted by molar-refractivity contribution is -0.150. The van der Waals surface area contributed by atoms with Crippen LogP contribution in [0, 0.1) is 4.91 Å². The van der Waals surface area contributed by atoms with Gasteiger partial charge in [0.05, 0.1) is 6.04 Å². The third-order valence-corrected chi connectivity index (χ3v) is 11.4. The third kappa shape index (κ3) is 8.28. The molecule has 46 heavy (non-hydrogen) atoms. The summed E-state index contributed by atoms with van der Waals surface area (Å²) in [6, 6.07) is -1.82. The number of nitrogens with zero attached hydrogens (tertiary/aromatic N) is 4. The van der Waals surface area contributed by atoms with E-state index >= 15 is 0 Å². The Kier molecular flexibility index (Phi) is 12.3. The Bertz CT molecular complexity index is 1580. The topological polar surface area (TPSA) is 266 Å². The molecular formula is C25H28ClN9O7S4. The number of fused-ring (bicyclic) bond motifs is 1. The summed E-state index contributed by atoms with van der Waals surface area (Å²) in [7, 11) is 0. The number of nitrogens with one attached hydrogen (secondary N) is 2. The number of nitrogen functional groups attached to an aromatic ring is 1. The Morgan fingerprint density at radius 1 is 1.28 bits per heavy atom. The maximum Gasteiger partial charge on any atom is 0.353 e. The fourth-order valence-corrected chi connectivity index (χ4v) is 8.84. The molecular weight excluding hydrogens is 702 g/mol. The molecule has 4 heterocycles. The average molecular weight is 730 g/mol. The van der Waals surface area contributed by atoms with Crippen LogP contribution in [0.4, 0.5) is 5.13 Å². The maximum absolute atomic E-state index is 13.1. The summed E-state index contributed by atoms with van der Waals surface area (Å²) in [5.74, 6) is -2.50. The number of thioether (sulfide) groups is 3. The molecule has 0 spiro atoms. The SMILES string of the molecule is NC(=O)CC[C@H](N)C(=O)NCCSCc1cnccc1SC1=C(C(=O)O)N2C(=O)[C@@H](NC(=O)C(N=O)c3nc(N)sc3Cl)[C@@H]2SC1. The van der Waals surface area contributed by atoms with Gasteiger partial charge in [0.2, 0.25) is 17.9 Å². The molecule has 21 heteroatoms. The van der Waals surface area contributed by atoms with Gasteiger partial charge in [-0.05, 0) is 23.2 Å². The Labute approximate surface area is 283 Å². The lowest BCUT2D eigenvalue weighted by atomic mass is 10.0. The smallest absolute Gasteiger partial charge is 0.353 e. The summed E-state index contributed by atoms with van der Waals surface area (Å²) in [4.78, 5) is 83.1. The predicted molar refractivity (Wildman–Crippen MR) is 175 cm³/mol. The Morgan fingerprint density at radius 2 is 2.04 bits per heavy atom. The van der Waals surface area contributed by atoms with Gasteiger partial charge in [-0.3, -0.25) is 29.1 Å². The summed E-state index contributed by atoms with van der Waals surface area (Å²) in [5.41, 5.74) is 16.9. The summed E-state index contributed by atoms with van der Waals surface area (Å²) in [6.45, 7) is 0.339. The highest BCUT2D eigenvalue weighted by Crippen LogP contribution is 2.46. The number of nitroso groups, excluding NO2 is 1. The van der Waals surface area contributed by atoms with Crippen LogP contribution in [0.25, 0.3) is 0 Å². The molecule has 2 aromatic rings. The number of aliphatic carboxylic acids is 1. The largest absolute Gasteiger partial charge is 0.477 e. The minimum atomic E-state index is -1.64. The number of primary amides is 1. The van der Waals surface area contributed by atoms with E-state index in [1.807, 2.05) is 0 Å². The van der Waals surface area contributed by atoms with Crippen LogP contribution in [0.1, 0.15) is 30.1 Å². The normalized spacial score (nSPS) is 18.7. The first-order valence-electron chi connectivity index (χ1n) is 13.4. The molecule has 2 aliphatic heterocycles. The average Bonchev–Trinajstić information content (AvgIpc) is 3.35. The van der Waals surface area contributed by atoms with E-state index < -0.39 is 47.2 Å². The van der Waals surface area contributed by atoms with Gasteiger partial charge in [-0.1, -0.05) is 34.7 Å². The van der Waals surface area contributed by atoms with Gasteiger partial charge < -0.3 is 32.9 Å². The van der Waals surface area contributed by atoms with Crippen molar-refractivity contribution in [2.75, 3.05) is 23.8 Å². The van der Waals surface area contributed by atoms with E-state index in [2.05, 4.69) is 25.8 Å². The fraction of sp³-hybridized carbons (Fsp3) is 0.400. The summed E-state index contributed by atoms with van der Waals surface area (Å²) >= 11 is 10.9. The van der Waals surface area contributed by atoms with Gasteiger partial charge in [0, 0.05) is 52.4 Å². The van der Waals surface area contributed by atoms with Crippen molar-refractivity contribution in [3.8, 4) is 0 Å². The molecule has 246 valence electrons. The Morgan fingerprint density at radius 3 is 2.70 bits per heavy atom. The Balaban J connectivity index is 1.37. The van der Waals surface area contributed by atoms with Crippen LogP contribution in [0.2, 0.25) is 4.34 Å². The molecule has 0 aromatic carbocycles. The number of halogens is 1. The first-order valence-corrected chi connectivity index (χ1v) is 17.6. The molecule has 0 aliphatic carbocycles. The number of carboxylic acid groups (broad SMARTS) is 1. The van der Waals surface area contributed by atoms with E-state index in [0.717, 1.165) is 26.7 Å². The number of hydrogen-bond acceptors (Lipinski definition) is 15. The van der Waals surface area contributed by atoms with Crippen molar-refractivity contribution in [2.45, 2.75) is 47.0 Å². The number of rotatable bonds is 16. The number of thiazole rings is 1. The highest BCUT2D eigenvalue weighted by Gasteiger charge is 2.55. The lowest BCUT2D eigenvalue weighted by Gasteiger charge is -2.49. The number of aromatic nitrogens is 2. The van der Waals surface area contributed by atoms with E-state index in [1.165, 1.54) is 35.3 Å². The highest BCUT2D eigenvalue weighted by molar-refractivity contribution is 8.06. The lowest BCUT2D eigenvalue weighted by Crippen LogP contribution is -2.70. The zero-order valence-electron chi connectivity index (χ0n) is 23.7. The number of carbonyl (C=O) groups excluding carboxylic acids is 4. The van der Waals surface area contributed by atoms with Crippen LogP contribution in [-0.4, -0.2) is 85.1 Å². The molecule has 4 amide bonds. The molecule has 0 saturated carbocycles. The number of hydrogen-bond donors (Lipinski definition) is 6. The molecule has 4 rings (SSSR count). The monoisotopic (exact) mass is 729 g/mol. The van der Waals surface area contributed by atoms with E-state index in [4.69, 9.17) is 28.8 Å². The van der Waals surface area contributed by atoms with Crippen LogP contribution < -0.4 is 27.8 Å². The second-order valence-electron chi connectivity index (χ2n) is 9.73. The van der Waals surface area contributed by atoms with Crippen molar-refractivity contribution < 1.29 is 29.1 Å². The molecule has 4 atom stereocenters. The van der Waals surface area contributed by atoms with Gasteiger partial charge in [-0.25, -0.2) is 9.78 Å². The standard InChI is InChI=1S/C25H28ClN9O7S4/c26-19-15(33-25(29)46-19)16(34-42)21(38)32-17-22(39)35-18(24(40)41)13(9-44-23(17)35)45-12-3-4-30-7-10(12)8-43-6-5-31-20(37)11(27)1-2-14(28)36/h3-4,7,11,16-17,23H,1-2,5-6,8-9,27H2,(H2,28,36)(H2,29,33)(H,31,37)(H,32,38)(H,40,41)/t11-,16?,17+,23-/m0/s1. The second-order valence-corrected chi connectivity index (χ2v) is 14.7. The molecule has 1 saturated heterocycles. The van der Waals surface area contributed by atoms with Crippen molar-refractivity contribution >= 4 is 93.0 Å². The van der Waals surface area contributed by atoms with Crippen molar-refractivity contribution in [2.24, 2.45) is 16.6 Å². The molecule has 1 fully saturated rings. The summed E-state index contributed by atoms with van der Waals surface area (Å²) in [6.07, 6.45) is 3.41. The third-order valence-electron chi connectivity index (χ3n) is 6.61. The highest BCUT2D eigenvalue weighted by atomic mass is 35.5. The number of carbonyl (C=O) groups is 5. The minimum absolute atomic E-state index is 0.0164.